The van der Waals surface area contributed by atoms with Crippen LogP contribution < -0.4 is 0 Å². The van der Waals surface area contributed by atoms with E-state index >= 15 is 0 Å². The van der Waals surface area contributed by atoms with E-state index in [2.05, 4.69) is 11.6 Å². The predicted molar refractivity (Wildman–Crippen MR) is 57.2 cm³/mol. The van der Waals surface area contributed by atoms with Gasteiger partial charge < -0.3 is 4.98 Å². The van der Waals surface area contributed by atoms with Crippen LogP contribution in [-0.2, 0) is 12.6 Å². The summed E-state index contributed by atoms with van der Waals surface area (Å²) in [5, 5.41) is 0.245. The van der Waals surface area contributed by atoms with Crippen molar-refractivity contribution >= 4 is 10.9 Å². The van der Waals surface area contributed by atoms with Crippen molar-refractivity contribution in [2.45, 2.75) is 12.6 Å². The van der Waals surface area contributed by atoms with E-state index in [0.717, 1.165) is 6.07 Å². The second-order valence-corrected chi connectivity index (χ2v) is 3.53. The van der Waals surface area contributed by atoms with E-state index in [9.17, 15) is 13.2 Å². The number of nitrogens with one attached hydrogen (secondary N) is 1. The number of halogens is 3. The Hall–Kier alpha value is -1.71. The molecule has 0 unspecified atom stereocenters. The summed E-state index contributed by atoms with van der Waals surface area (Å²) in [7, 11) is 0. The van der Waals surface area contributed by atoms with Gasteiger partial charge in [-0.1, -0.05) is 12.1 Å². The molecule has 4 heteroatoms. The van der Waals surface area contributed by atoms with E-state index in [1.807, 2.05) is 0 Å². The molecule has 0 amide bonds. The molecule has 1 aromatic carbocycles. The van der Waals surface area contributed by atoms with Gasteiger partial charge in [0, 0.05) is 17.1 Å². The molecule has 2 rings (SSSR count). The zero-order valence-electron chi connectivity index (χ0n) is 8.43. The summed E-state index contributed by atoms with van der Waals surface area (Å²) in [5.74, 6) is 0. The lowest BCUT2D eigenvalue weighted by Crippen LogP contribution is -2.05. The Bertz CT molecular complexity index is 523. The Labute approximate surface area is 90.6 Å². The zero-order chi connectivity index (χ0) is 11.8. The molecule has 0 atom stereocenters. The molecule has 84 valence electrons. The number of H-pyrrole nitrogens is 1. The number of alkyl halides is 3. The fourth-order valence-corrected chi connectivity index (χ4v) is 1.81. The molecule has 0 aliphatic heterocycles. The third kappa shape index (κ3) is 1.71. The van der Waals surface area contributed by atoms with E-state index in [1.54, 1.807) is 18.3 Å². The fraction of sp³-hybridized carbons (Fsp3) is 0.167. The molecule has 0 aliphatic rings. The number of benzene rings is 1. The summed E-state index contributed by atoms with van der Waals surface area (Å²) in [6.07, 6.45) is -0.706. The van der Waals surface area contributed by atoms with Gasteiger partial charge in [-0.05, 0) is 24.1 Å². The van der Waals surface area contributed by atoms with Crippen molar-refractivity contribution in [3.8, 4) is 0 Å². The molecular formula is C12H10F3N. The highest BCUT2D eigenvalue weighted by Crippen LogP contribution is 2.36. The minimum absolute atomic E-state index is 0.245. The fourth-order valence-electron chi connectivity index (χ4n) is 1.81. The van der Waals surface area contributed by atoms with Gasteiger partial charge in [-0.25, -0.2) is 0 Å². The van der Waals surface area contributed by atoms with Gasteiger partial charge in [0.15, 0.2) is 0 Å². The second-order valence-electron chi connectivity index (χ2n) is 3.53. The van der Waals surface area contributed by atoms with Crippen molar-refractivity contribution < 1.29 is 13.2 Å². The molecule has 1 aromatic heterocycles. The predicted octanol–water partition coefficient (Wildman–Crippen LogP) is 3.92. The van der Waals surface area contributed by atoms with Crippen LogP contribution in [0.2, 0.25) is 0 Å². The third-order valence-electron chi connectivity index (χ3n) is 2.46. The van der Waals surface area contributed by atoms with Gasteiger partial charge in [-0.3, -0.25) is 0 Å². The summed E-state index contributed by atoms with van der Waals surface area (Å²) in [5.41, 5.74) is 0.535. The Morgan fingerprint density at radius 3 is 2.69 bits per heavy atom. The van der Waals surface area contributed by atoms with Crippen LogP contribution in [-0.4, -0.2) is 4.98 Å². The Balaban J connectivity index is 2.73. The van der Waals surface area contributed by atoms with Crippen LogP contribution in [0.1, 0.15) is 11.1 Å². The molecule has 1 heterocycles. The smallest absolute Gasteiger partial charge is 0.361 e. The van der Waals surface area contributed by atoms with Gasteiger partial charge in [0.1, 0.15) is 0 Å². The molecule has 1 N–H and O–H groups in total. The first kappa shape index (κ1) is 10.8. The maximum absolute atomic E-state index is 12.8. The van der Waals surface area contributed by atoms with Crippen LogP contribution in [0.3, 0.4) is 0 Å². The Kier molecular flexibility index (Phi) is 2.50. The average Bonchev–Trinajstić information content (AvgIpc) is 2.61. The van der Waals surface area contributed by atoms with Crippen LogP contribution in [0.5, 0.6) is 0 Å². The monoisotopic (exact) mass is 225 g/mol. The van der Waals surface area contributed by atoms with Gasteiger partial charge in [0.05, 0.1) is 5.56 Å². The number of aromatic nitrogens is 1. The lowest BCUT2D eigenvalue weighted by molar-refractivity contribution is -0.136. The van der Waals surface area contributed by atoms with Gasteiger partial charge in [0.2, 0.25) is 0 Å². The summed E-state index contributed by atoms with van der Waals surface area (Å²) >= 11 is 0. The van der Waals surface area contributed by atoms with Gasteiger partial charge in [-0.2, -0.15) is 13.2 Å². The first-order valence-electron chi connectivity index (χ1n) is 4.81. The quantitative estimate of drug-likeness (QED) is 0.746. The van der Waals surface area contributed by atoms with Crippen molar-refractivity contribution in [1.82, 2.24) is 4.98 Å². The molecule has 0 saturated heterocycles. The van der Waals surface area contributed by atoms with Crippen molar-refractivity contribution in [3.05, 3.63) is 48.2 Å². The van der Waals surface area contributed by atoms with E-state index in [-0.39, 0.29) is 5.39 Å². The number of hydrogen-bond donors (Lipinski definition) is 1. The molecule has 2 aromatic rings. The number of aromatic amines is 1. The van der Waals surface area contributed by atoms with E-state index in [4.69, 9.17) is 0 Å². The number of rotatable bonds is 2. The van der Waals surface area contributed by atoms with Gasteiger partial charge in [0.25, 0.3) is 0 Å². The molecule has 0 fully saturated rings. The van der Waals surface area contributed by atoms with E-state index < -0.39 is 11.7 Å². The minimum Gasteiger partial charge on any atom is -0.361 e. The molecule has 16 heavy (non-hydrogen) atoms. The normalized spacial score (nSPS) is 11.9. The van der Waals surface area contributed by atoms with E-state index in [0.29, 0.717) is 17.5 Å². The van der Waals surface area contributed by atoms with Crippen LogP contribution >= 0.6 is 0 Å². The van der Waals surface area contributed by atoms with Gasteiger partial charge in [-0.15, -0.1) is 6.58 Å². The first-order valence-corrected chi connectivity index (χ1v) is 4.81. The highest BCUT2D eigenvalue weighted by Gasteiger charge is 2.33. The van der Waals surface area contributed by atoms with Crippen LogP contribution in [0, 0.1) is 0 Å². The summed E-state index contributed by atoms with van der Waals surface area (Å²) in [6.45, 7) is 3.54. The first-order chi connectivity index (χ1) is 7.54. The maximum atomic E-state index is 12.8. The van der Waals surface area contributed by atoms with Crippen molar-refractivity contribution in [1.29, 1.82) is 0 Å². The standard InChI is InChI=1S/C12H10F3N/c1-2-4-8-7-16-10-6-3-5-9(11(8)10)12(13,14)15/h2-3,5-7,16H,1,4H2. The topological polar surface area (TPSA) is 15.8 Å². The van der Waals surface area contributed by atoms with Crippen LogP contribution in [0.25, 0.3) is 10.9 Å². The number of fused-ring (bicyclic) bond motifs is 1. The summed E-state index contributed by atoms with van der Waals surface area (Å²) in [6, 6.07) is 4.14. The SMILES string of the molecule is C=CCc1c[nH]c2cccc(C(F)(F)F)c12. The molecular weight excluding hydrogens is 215 g/mol. The van der Waals surface area contributed by atoms with Crippen LogP contribution in [0.15, 0.2) is 37.1 Å². The van der Waals surface area contributed by atoms with Gasteiger partial charge >= 0.3 is 6.18 Å². The molecule has 0 saturated carbocycles. The van der Waals surface area contributed by atoms with E-state index in [1.165, 1.54) is 6.07 Å². The molecule has 0 bridgehead atoms. The van der Waals surface area contributed by atoms with Crippen molar-refractivity contribution in [2.24, 2.45) is 0 Å². The molecule has 1 nitrogen and oxygen atoms in total. The molecule has 0 spiro atoms. The number of allylic oxidation sites excluding steroid dienone is 1. The molecule has 0 radical (unpaired) electrons. The minimum atomic E-state index is -4.32. The highest BCUT2D eigenvalue weighted by atomic mass is 19.4. The average molecular weight is 225 g/mol. The number of hydrogen-bond acceptors (Lipinski definition) is 0. The highest BCUT2D eigenvalue weighted by molar-refractivity contribution is 5.87. The van der Waals surface area contributed by atoms with Crippen LogP contribution in [0.4, 0.5) is 13.2 Å². The molecule has 0 aliphatic carbocycles. The Morgan fingerprint density at radius 2 is 2.06 bits per heavy atom. The van der Waals surface area contributed by atoms with Crippen molar-refractivity contribution in [2.75, 3.05) is 0 Å². The summed E-state index contributed by atoms with van der Waals surface area (Å²) < 4.78 is 38.3. The lowest BCUT2D eigenvalue weighted by atomic mass is 10.0. The Morgan fingerprint density at radius 1 is 1.31 bits per heavy atom. The lowest BCUT2D eigenvalue weighted by Gasteiger charge is -2.09. The third-order valence-corrected chi connectivity index (χ3v) is 2.46. The maximum Gasteiger partial charge on any atom is 0.417 e. The van der Waals surface area contributed by atoms with Crippen molar-refractivity contribution in [3.63, 3.8) is 0 Å². The summed E-state index contributed by atoms with van der Waals surface area (Å²) in [4.78, 5) is 2.84. The largest absolute Gasteiger partial charge is 0.417 e. The second kappa shape index (κ2) is 3.70. The zero-order valence-corrected chi connectivity index (χ0v) is 8.43.